The van der Waals surface area contributed by atoms with Crippen molar-refractivity contribution in [2.45, 2.75) is 97.9 Å². The summed E-state index contributed by atoms with van der Waals surface area (Å²) in [6.07, 6.45) is 0.934. The molecule has 1 aromatic rings. The Hall–Kier alpha value is -4.00. The van der Waals surface area contributed by atoms with E-state index in [0.29, 0.717) is 6.42 Å². The van der Waals surface area contributed by atoms with Gasteiger partial charge in [0.15, 0.2) is 0 Å². The number of amides is 5. The molecule has 0 aliphatic rings. The fraction of sp³-hybridized carbons (Fsp3) is 0.613. The van der Waals surface area contributed by atoms with Crippen LogP contribution in [0.15, 0.2) is 30.3 Å². The average molecular weight is 619 g/mol. The van der Waals surface area contributed by atoms with Gasteiger partial charge < -0.3 is 37.4 Å². The van der Waals surface area contributed by atoms with Gasteiger partial charge in [-0.25, -0.2) is 4.79 Å². The van der Waals surface area contributed by atoms with Crippen LogP contribution in [0.4, 0.5) is 0 Å². The summed E-state index contributed by atoms with van der Waals surface area (Å²) < 4.78 is 0. The highest BCUT2D eigenvalue weighted by molar-refractivity contribution is 5.95. The number of hydrogen-bond donors (Lipinski definition) is 7. The number of carbonyl (C=O) groups excluding carboxylic acids is 5. The number of benzene rings is 1. The van der Waals surface area contributed by atoms with Gasteiger partial charge in [-0.15, -0.1) is 0 Å². The predicted octanol–water partition coefficient (Wildman–Crippen LogP) is 0.465. The molecule has 1 aromatic carbocycles. The Morgan fingerprint density at radius 1 is 0.750 bits per heavy atom. The van der Waals surface area contributed by atoms with E-state index in [1.807, 2.05) is 51.1 Å². The van der Waals surface area contributed by atoms with Gasteiger partial charge in [-0.1, -0.05) is 78.3 Å². The van der Waals surface area contributed by atoms with Crippen molar-refractivity contribution in [1.82, 2.24) is 26.6 Å². The number of carbonyl (C=O) groups is 6. The molecule has 0 heterocycles. The standard InChI is InChI=1S/C31H50N6O7/c1-8-19(6)26(30(42)33-16-24(38)36-25(18(4)5)31(43)44)37-29(41)22(14-17(2)3)35-28(40)23(34-27(39)20(7)32)15-21-12-10-9-11-13-21/h9-13,17-20,22-23,25-26H,8,14-16,32H2,1-7H3,(H,33,42)(H,34,39)(H,35,40)(H,36,38)(H,37,41)(H,43,44). The van der Waals surface area contributed by atoms with Gasteiger partial charge in [-0.3, -0.25) is 24.0 Å². The van der Waals surface area contributed by atoms with Crippen LogP contribution in [0.2, 0.25) is 0 Å². The number of carboxylic acids is 1. The topological polar surface area (TPSA) is 209 Å². The van der Waals surface area contributed by atoms with Gasteiger partial charge >= 0.3 is 5.97 Å². The lowest BCUT2D eigenvalue weighted by atomic mass is 9.96. The molecule has 0 aliphatic heterocycles. The Kier molecular flexibility index (Phi) is 16.1. The van der Waals surface area contributed by atoms with E-state index in [1.165, 1.54) is 6.92 Å². The van der Waals surface area contributed by atoms with Crippen LogP contribution in [0.1, 0.15) is 66.9 Å². The fourth-order valence-corrected chi connectivity index (χ4v) is 4.31. The summed E-state index contributed by atoms with van der Waals surface area (Å²) in [6, 6.07) is 4.04. The molecule has 44 heavy (non-hydrogen) atoms. The normalized spacial score (nSPS) is 15.2. The average Bonchev–Trinajstić information content (AvgIpc) is 2.95. The van der Waals surface area contributed by atoms with Gasteiger partial charge in [-0.05, 0) is 36.7 Å². The lowest BCUT2D eigenvalue weighted by Crippen LogP contribution is -2.59. The third-order valence-electron chi connectivity index (χ3n) is 7.13. The van der Waals surface area contributed by atoms with Gasteiger partial charge in [0.25, 0.3) is 0 Å². The third-order valence-corrected chi connectivity index (χ3v) is 7.13. The highest BCUT2D eigenvalue weighted by atomic mass is 16.4. The van der Waals surface area contributed by atoms with Gasteiger partial charge in [0.2, 0.25) is 29.5 Å². The van der Waals surface area contributed by atoms with Crippen molar-refractivity contribution in [3.63, 3.8) is 0 Å². The summed E-state index contributed by atoms with van der Waals surface area (Å²) in [5.41, 5.74) is 6.51. The van der Waals surface area contributed by atoms with E-state index >= 15 is 0 Å². The minimum Gasteiger partial charge on any atom is -0.480 e. The van der Waals surface area contributed by atoms with Crippen molar-refractivity contribution in [2.75, 3.05) is 6.54 Å². The number of nitrogens with two attached hydrogens (primary N) is 1. The molecule has 1 rings (SSSR count). The third kappa shape index (κ3) is 13.1. The fourth-order valence-electron chi connectivity index (χ4n) is 4.31. The highest BCUT2D eigenvalue weighted by Crippen LogP contribution is 2.12. The second-order valence-corrected chi connectivity index (χ2v) is 11.9. The van der Waals surface area contributed by atoms with Gasteiger partial charge in [0, 0.05) is 6.42 Å². The predicted molar refractivity (Wildman–Crippen MR) is 166 cm³/mol. The summed E-state index contributed by atoms with van der Waals surface area (Å²) in [4.78, 5) is 76.3. The summed E-state index contributed by atoms with van der Waals surface area (Å²) in [5, 5.41) is 22.3. The molecule has 0 radical (unpaired) electrons. The van der Waals surface area contributed by atoms with Gasteiger partial charge in [0.1, 0.15) is 24.2 Å². The van der Waals surface area contributed by atoms with E-state index in [4.69, 9.17) is 5.73 Å². The molecule has 0 spiro atoms. The van der Waals surface area contributed by atoms with E-state index in [1.54, 1.807) is 20.8 Å². The Labute approximate surface area is 259 Å². The monoisotopic (exact) mass is 618 g/mol. The minimum atomic E-state index is -1.19. The molecule has 6 atom stereocenters. The molecule has 0 aromatic heterocycles. The molecule has 0 aliphatic carbocycles. The van der Waals surface area contributed by atoms with Gasteiger partial charge in [0.05, 0.1) is 12.6 Å². The summed E-state index contributed by atoms with van der Waals surface area (Å²) in [7, 11) is 0. The Morgan fingerprint density at radius 3 is 1.82 bits per heavy atom. The minimum absolute atomic E-state index is 0.0139. The van der Waals surface area contributed by atoms with Crippen molar-refractivity contribution in [3.05, 3.63) is 35.9 Å². The molecule has 13 nitrogen and oxygen atoms in total. The van der Waals surface area contributed by atoms with Crippen LogP contribution in [0.5, 0.6) is 0 Å². The zero-order chi connectivity index (χ0) is 33.6. The smallest absolute Gasteiger partial charge is 0.326 e. The molecular weight excluding hydrogens is 568 g/mol. The van der Waals surface area contributed by atoms with Crippen LogP contribution >= 0.6 is 0 Å². The SMILES string of the molecule is CCC(C)C(NC(=O)C(CC(C)C)NC(=O)C(Cc1ccccc1)NC(=O)C(C)N)C(=O)NCC(=O)NC(C(=O)O)C(C)C. The maximum Gasteiger partial charge on any atom is 0.326 e. The van der Waals surface area contributed by atoms with Crippen LogP contribution in [-0.4, -0.2) is 77.4 Å². The number of aliphatic carboxylic acids is 1. The van der Waals surface area contributed by atoms with Crippen molar-refractivity contribution in [3.8, 4) is 0 Å². The van der Waals surface area contributed by atoms with Crippen LogP contribution in [0.3, 0.4) is 0 Å². The molecule has 0 saturated carbocycles. The van der Waals surface area contributed by atoms with E-state index in [9.17, 15) is 33.9 Å². The van der Waals surface area contributed by atoms with Crippen molar-refractivity contribution in [1.29, 1.82) is 0 Å². The van der Waals surface area contributed by atoms with Crippen LogP contribution in [-0.2, 0) is 35.2 Å². The number of nitrogens with one attached hydrogen (secondary N) is 5. The lowest BCUT2D eigenvalue weighted by molar-refractivity contribution is -0.143. The van der Waals surface area contributed by atoms with Crippen LogP contribution in [0.25, 0.3) is 0 Å². The molecule has 0 saturated heterocycles. The maximum absolute atomic E-state index is 13.5. The summed E-state index contributed by atoms with van der Waals surface area (Å²) in [6.45, 7) is 11.7. The van der Waals surface area contributed by atoms with E-state index in [-0.39, 0.29) is 30.6 Å². The molecule has 13 heteroatoms. The largest absolute Gasteiger partial charge is 0.480 e. The van der Waals surface area contributed by atoms with Crippen molar-refractivity contribution >= 4 is 35.5 Å². The zero-order valence-corrected chi connectivity index (χ0v) is 26.8. The molecular formula is C31H50N6O7. The van der Waals surface area contributed by atoms with Crippen molar-refractivity contribution < 1.29 is 33.9 Å². The zero-order valence-electron chi connectivity index (χ0n) is 26.8. The van der Waals surface area contributed by atoms with E-state index in [0.717, 1.165) is 5.56 Å². The molecule has 0 bridgehead atoms. The highest BCUT2D eigenvalue weighted by Gasteiger charge is 2.33. The quantitative estimate of drug-likeness (QED) is 0.123. The van der Waals surface area contributed by atoms with Crippen molar-refractivity contribution in [2.24, 2.45) is 23.5 Å². The second-order valence-electron chi connectivity index (χ2n) is 11.9. The Balaban J connectivity index is 3.09. The van der Waals surface area contributed by atoms with Gasteiger partial charge in [-0.2, -0.15) is 0 Å². The second kappa shape index (κ2) is 18.6. The molecule has 5 amide bonds. The summed E-state index contributed by atoms with van der Waals surface area (Å²) in [5.74, 6) is -4.92. The maximum atomic E-state index is 13.5. The molecule has 246 valence electrons. The first-order valence-electron chi connectivity index (χ1n) is 15.1. The summed E-state index contributed by atoms with van der Waals surface area (Å²) >= 11 is 0. The molecule has 6 unspecified atom stereocenters. The molecule has 0 fully saturated rings. The first-order valence-corrected chi connectivity index (χ1v) is 15.1. The van der Waals surface area contributed by atoms with Crippen LogP contribution in [0, 0.1) is 17.8 Å². The van der Waals surface area contributed by atoms with E-state index in [2.05, 4.69) is 26.6 Å². The first kappa shape index (κ1) is 38.0. The van der Waals surface area contributed by atoms with E-state index < -0.39 is 72.3 Å². The lowest BCUT2D eigenvalue weighted by Gasteiger charge is -2.28. The Bertz CT molecular complexity index is 1130. The first-order chi connectivity index (χ1) is 20.6. The number of rotatable bonds is 18. The molecule has 8 N–H and O–H groups in total. The Morgan fingerprint density at radius 2 is 1.32 bits per heavy atom. The number of hydrogen-bond acceptors (Lipinski definition) is 7. The number of carboxylic acid groups (broad SMARTS) is 1. The van der Waals surface area contributed by atoms with Crippen LogP contribution < -0.4 is 32.3 Å².